The second-order valence-electron chi connectivity index (χ2n) is 4.86. The molecule has 22 heavy (non-hydrogen) atoms. The molecule has 0 aromatic heterocycles. The maximum Gasteiger partial charge on any atom is 0.251 e. The van der Waals surface area contributed by atoms with Crippen molar-refractivity contribution >= 4 is 5.91 Å². The highest BCUT2D eigenvalue weighted by molar-refractivity contribution is 5.94. The van der Waals surface area contributed by atoms with Crippen LogP contribution in [0, 0.1) is 11.6 Å². The largest absolute Gasteiger partial charge is 0.494 e. The Morgan fingerprint density at radius 2 is 1.73 bits per heavy atom. The summed E-state index contributed by atoms with van der Waals surface area (Å²) in [6.07, 6.45) is 0. The van der Waals surface area contributed by atoms with Crippen LogP contribution in [0.1, 0.15) is 35.8 Å². The third-order valence-electron chi connectivity index (χ3n) is 3.16. The Morgan fingerprint density at radius 1 is 1.14 bits per heavy atom. The van der Waals surface area contributed by atoms with Crippen LogP contribution in [0.3, 0.4) is 0 Å². The molecule has 2 aromatic carbocycles. The maximum absolute atomic E-state index is 13.1. The van der Waals surface area contributed by atoms with Gasteiger partial charge < -0.3 is 10.1 Å². The van der Waals surface area contributed by atoms with Gasteiger partial charge in [-0.15, -0.1) is 0 Å². The summed E-state index contributed by atoms with van der Waals surface area (Å²) in [7, 11) is 0. The molecule has 3 nitrogen and oxygen atoms in total. The second-order valence-corrected chi connectivity index (χ2v) is 4.86. The number of amides is 1. The van der Waals surface area contributed by atoms with Crippen LogP contribution in [0.25, 0.3) is 0 Å². The fraction of sp³-hybridized carbons (Fsp3) is 0.235. The highest BCUT2D eigenvalue weighted by Crippen LogP contribution is 2.18. The molecule has 0 aliphatic heterocycles. The van der Waals surface area contributed by atoms with Crippen LogP contribution in [-0.2, 0) is 0 Å². The van der Waals surface area contributed by atoms with Gasteiger partial charge in [0.05, 0.1) is 12.6 Å². The molecule has 0 radical (unpaired) electrons. The van der Waals surface area contributed by atoms with Crippen molar-refractivity contribution in [1.29, 1.82) is 0 Å². The summed E-state index contributed by atoms with van der Waals surface area (Å²) >= 11 is 0. The summed E-state index contributed by atoms with van der Waals surface area (Å²) in [6.45, 7) is 4.27. The number of benzene rings is 2. The van der Waals surface area contributed by atoms with E-state index in [0.717, 1.165) is 29.5 Å². The van der Waals surface area contributed by atoms with Crippen molar-refractivity contribution < 1.29 is 18.3 Å². The van der Waals surface area contributed by atoms with Crippen molar-refractivity contribution in [3.63, 3.8) is 0 Å². The molecule has 1 atom stereocenters. The van der Waals surface area contributed by atoms with E-state index in [-0.39, 0.29) is 11.6 Å². The second kappa shape index (κ2) is 7.02. The number of hydrogen-bond acceptors (Lipinski definition) is 2. The molecule has 116 valence electrons. The first-order valence-corrected chi connectivity index (χ1v) is 6.99. The van der Waals surface area contributed by atoms with Gasteiger partial charge in [0, 0.05) is 11.6 Å². The van der Waals surface area contributed by atoms with E-state index in [1.165, 1.54) is 0 Å². The number of ether oxygens (including phenoxy) is 1. The summed E-state index contributed by atoms with van der Waals surface area (Å²) in [4.78, 5) is 12.0. The minimum atomic E-state index is -0.779. The van der Waals surface area contributed by atoms with Gasteiger partial charge in [-0.05, 0) is 43.7 Å². The first-order chi connectivity index (χ1) is 10.5. The van der Waals surface area contributed by atoms with Crippen molar-refractivity contribution in [2.24, 2.45) is 0 Å². The van der Waals surface area contributed by atoms with Gasteiger partial charge in [0.15, 0.2) is 0 Å². The molecule has 0 aliphatic rings. The molecule has 2 aromatic rings. The molecule has 0 aliphatic carbocycles. The zero-order valence-electron chi connectivity index (χ0n) is 12.4. The van der Waals surface area contributed by atoms with Gasteiger partial charge in [0.1, 0.15) is 17.4 Å². The zero-order valence-corrected chi connectivity index (χ0v) is 12.4. The average Bonchev–Trinajstić information content (AvgIpc) is 2.47. The lowest BCUT2D eigenvalue weighted by molar-refractivity contribution is 0.0939. The average molecular weight is 305 g/mol. The van der Waals surface area contributed by atoms with E-state index in [4.69, 9.17) is 4.74 Å². The van der Waals surface area contributed by atoms with Crippen molar-refractivity contribution in [3.8, 4) is 5.75 Å². The molecule has 0 saturated heterocycles. The monoisotopic (exact) mass is 305 g/mol. The summed E-state index contributed by atoms with van der Waals surface area (Å²) in [5, 5.41) is 2.71. The van der Waals surface area contributed by atoms with Crippen LogP contribution in [-0.4, -0.2) is 12.5 Å². The molecule has 0 bridgehead atoms. The van der Waals surface area contributed by atoms with Crippen LogP contribution in [0.5, 0.6) is 5.75 Å². The lowest BCUT2D eigenvalue weighted by atomic mass is 10.1. The number of carbonyl (C=O) groups excluding carboxylic acids is 1. The Kier molecular flexibility index (Phi) is 5.09. The topological polar surface area (TPSA) is 38.3 Å². The Morgan fingerprint density at radius 3 is 2.27 bits per heavy atom. The van der Waals surface area contributed by atoms with Crippen molar-refractivity contribution in [3.05, 3.63) is 65.2 Å². The molecule has 0 heterocycles. The van der Waals surface area contributed by atoms with Gasteiger partial charge in [0.25, 0.3) is 5.91 Å². The molecule has 0 spiro atoms. The van der Waals surface area contributed by atoms with E-state index in [9.17, 15) is 13.6 Å². The first kappa shape index (κ1) is 15.9. The molecule has 0 saturated carbocycles. The van der Waals surface area contributed by atoms with E-state index < -0.39 is 17.5 Å². The van der Waals surface area contributed by atoms with E-state index in [2.05, 4.69) is 5.32 Å². The van der Waals surface area contributed by atoms with Crippen molar-refractivity contribution in [2.75, 3.05) is 6.61 Å². The maximum atomic E-state index is 13.1. The van der Waals surface area contributed by atoms with E-state index in [0.29, 0.717) is 6.61 Å². The van der Waals surface area contributed by atoms with Crippen LogP contribution in [0.15, 0.2) is 42.5 Å². The fourth-order valence-electron chi connectivity index (χ4n) is 2.07. The van der Waals surface area contributed by atoms with Gasteiger partial charge in [-0.2, -0.15) is 0 Å². The molecular weight excluding hydrogens is 288 g/mol. The quantitative estimate of drug-likeness (QED) is 0.911. The predicted octanol–water partition coefficient (Wildman–Crippen LogP) is 3.85. The molecule has 0 fully saturated rings. The normalized spacial score (nSPS) is 11.8. The Bertz CT molecular complexity index is 636. The number of rotatable bonds is 5. The van der Waals surface area contributed by atoms with Gasteiger partial charge in [0.2, 0.25) is 0 Å². The number of nitrogens with one attached hydrogen (secondary N) is 1. The smallest absolute Gasteiger partial charge is 0.251 e. The molecule has 1 unspecified atom stereocenters. The summed E-state index contributed by atoms with van der Waals surface area (Å²) in [5.41, 5.74) is 0.823. The van der Waals surface area contributed by atoms with Gasteiger partial charge in [-0.3, -0.25) is 4.79 Å². The summed E-state index contributed by atoms with van der Waals surface area (Å²) in [5.74, 6) is -1.34. The Labute approximate surface area is 127 Å². The van der Waals surface area contributed by atoms with Gasteiger partial charge in [-0.1, -0.05) is 12.1 Å². The highest BCUT2D eigenvalue weighted by Gasteiger charge is 2.13. The number of hydrogen-bond donors (Lipinski definition) is 1. The third-order valence-corrected chi connectivity index (χ3v) is 3.16. The van der Waals surface area contributed by atoms with E-state index >= 15 is 0 Å². The van der Waals surface area contributed by atoms with E-state index in [1.54, 1.807) is 6.92 Å². The first-order valence-electron chi connectivity index (χ1n) is 6.99. The standard InChI is InChI=1S/C17H17F2NO2/c1-3-22-16-6-4-12(5-7-16)11(2)20-17(21)13-8-14(18)10-15(19)9-13/h4-11H,3H2,1-2H3,(H,20,21). The lowest BCUT2D eigenvalue weighted by Crippen LogP contribution is -2.26. The van der Waals surface area contributed by atoms with Crippen molar-refractivity contribution in [1.82, 2.24) is 5.32 Å². The van der Waals surface area contributed by atoms with Crippen LogP contribution >= 0.6 is 0 Å². The molecular formula is C17H17F2NO2. The molecule has 1 amide bonds. The van der Waals surface area contributed by atoms with Crippen LogP contribution < -0.4 is 10.1 Å². The van der Waals surface area contributed by atoms with Gasteiger partial charge in [-0.25, -0.2) is 8.78 Å². The molecule has 5 heteroatoms. The zero-order chi connectivity index (χ0) is 16.1. The van der Waals surface area contributed by atoms with Crippen LogP contribution in [0.2, 0.25) is 0 Å². The number of carbonyl (C=O) groups is 1. The molecule has 1 N–H and O–H groups in total. The van der Waals surface area contributed by atoms with Crippen molar-refractivity contribution in [2.45, 2.75) is 19.9 Å². The third kappa shape index (κ3) is 4.04. The Balaban J connectivity index is 2.07. The molecule has 2 rings (SSSR count). The van der Waals surface area contributed by atoms with E-state index in [1.807, 2.05) is 31.2 Å². The minimum absolute atomic E-state index is 0.0460. The predicted molar refractivity (Wildman–Crippen MR) is 79.9 cm³/mol. The summed E-state index contributed by atoms with van der Waals surface area (Å²) in [6, 6.07) is 9.73. The Hall–Kier alpha value is -2.43. The minimum Gasteiger partial charge on any atom is -0.494 e. The fourth-order valence-corrected chi connectivity index (χ4v) is 2.07. The summed E-state index contributed by atoms with van der Waals surface area (Å²) < 4.78 is 31.6. The SMILES string of the molecule is CCOc1ccc(C(C)NC(=O)c2cc(F)cc(F)c2)cc1. The van der Waals surface area contributed by atoms with Gasteiger partial charge >= 0.3 is 0 Å². The van der Waals surface area contributed by atoms with Crippen LogP contribution in [0.4, 0.5) is 8.78 Å². The highest BCUT2D eigenvalue weighted by atomic mass is 19.1. The number of halogens is 2. The lowest BCUT2D eigenvalue weighted by Gasteiger charge is -2.15.